The average Bonchev–Trinajstić information content (AvgIpc) is 3.58. The molecule has 2 unspecified atom stereocenters. The molecule has 26 nitrogen and oxygen atoms in total. The molecule has 2 fully saturated rings. The molecule has 0 radical (unpaired) electrons. The van der Waals surface area contributed by atoms with Crippen molar-refractivity contribution in [2.75, 3.05) is 264 Å². The Kier molecular flexibility index (Phi) is 49.5. The van der Waals surface area contributed by atoms with Crippen molar-refractivity contribution in [2.24, 2.45) is 22.9 Å². The lowest BCUT2D eigenvalue weighted by molar-refractivity contribution is -0.0633. The third kappa shape index (κ3) is 41.7. The molecule has 0 aliphatic carbocycles. The summed E-state index contributed by atoms with van der Waals surface area (Å²) in [5, 5.41) is 0. The molecule has 0 amide bonds. The van der Waals surface area contributed by atoms with Gasteiger partial charge in [-0.15, -0.1) is 0 Å². The van der Waals surface area contributed by atoms with Crippen molar-refractivity contribution >= 4 is 0 Å². The fourth-order valence-electron chi connectivity index (χ4n) is 6.85. The molecule has 4 aliphatic heterocycles. The highest BCUT2D eigenvalue weighted by atomic mass is 16.6. The zero-order valence-electron chi connectivity index (χ0n) is 48.6. The van der Waals surface area contributed by atoms with Crippen LogP contribution in [0.4, 0.5) is 0 Å². The molecule has 0 aromatic heterocycles. The zero-order chi connectivity index (χ0) is 58.1. The van der Waals surface area contributed by atoms with Gasteiger partial charge in [0.1, 0.15) is 26.4 Å². The van der Waals surface area contributed by atoms with Crippen LogP contribution in [0.15, 0.2) is 36.4 Å². The minimum atomic E-state index is -0.121. The molecule has 2 saturated heterocycles. The van der Waals surface area contributed by atoms with Gasteiger partial charge >= 0.3 is 0 Å². The third-order valence-corrected chi connectivity index (χ3v) is 11.2. The van der Waals surface area contributed by atoms with Gasteiger partial charge in [-0.3, -0.25) is 0 Å². The molecule has 8 N–H and O–H groups in total. The second kappa shape index (κ2) is 55.6. The van der Waals surface area contributed by atoms with Crippen LogP contribution in [-0.4, -0.2) is 276 Å². The zero-order valence-corrected chi connectivity index (χ0v) is 48.6. The highest BCUT2D eigenvalue weighted by Crippen LogP contribution is 2.29. The SMILES string of the molecule is NCC1COCCOCCOCCO1.NCC1COCCOCCOCCOCCOCCOCCO1.NCc1ccc2c(c1)OCCOCCOCCO2.NCc1ccc2c(c1)OCCOCCOCCOCCOCCOCCO2. The summed E-state index contributed by atoms with van der Waals surface area (Å²) in [6.07, 6.45) is -0.150. The van der Waals surface area contributed by atoms with Crippen LogP contribution in [0.25, 0.3) is 0 Å². The quantitative estimate of drug-likeness (QED) is 0.329. The Morgan fingerprint density at radius 3 is 0.683 bits per heavy atom. The molecule has 0 spiro atoms. The van der Waals surface area contributed by atoms with E-state index >= 15 is 0 Å². The molecule has 82 heavy (non-hydrogen) atoms. The van der Waals surface area contributed by atoms with Gasteiger partial charge in [-0.25, -0.2) is 0 Å². The summed E-state index contributed by atoms with van der Waals surface area (Å²) in [6, 6.07) is 11.4. The lowest BCUT2D eigenvalue weighted by Gasteiger charge is -2.17. The molecule has 4 aliphatic rings. The van der Waals surface area contributed by atoms with E-state index in [0.717, 1.165) is 16.9 Å². The number of nitrogens with two attached hydrogens (primary N) is 4. The first kappa shape index (κ1) is 73.0. The van der Waals surface area contributed by atoms with Crippen LogP contribution >= 0.6 is 0 Å². The summed E-state index contributed by atoms with van der Waals surface area (Å²) < 4.78 is 120. The minimum absolute atomic E-state index is 0.0296. The van der Waals surface area contributed by atoms with Crippen molar-refractivity contribution in [3.63, 3.8) is 0 Å². The lowest BCUT2D eigenvalue weighted by Crippen LogP contribution is -2.31. The molecule has 2 aromatic carbocycles. The molecule has 2 atom stereocenters. The Hall–Kier alpha value is -3.24. The van der Waals surface area contributed by atoms with Crippen LogP contribution in [0.2, 0.25) is 0 Å². The van der Waals surface area contributed by atoms with Crippen molar-refractivity contribution < 1.29 is 104 Å². The summed E-state index contributed by atoms with van der Waals surface area (Å²) in [4.78, 5) is 0. The van der Waals surface area contributed by atoms with Crippen LogP contribution in [0, 0.1) is 0 Å². The first-order chi connectivity index (χ1) is 40.7. The summed E-state index contributed by atoms with van der Waals surface area (Å²) in [5.41, 5.74) is 24.5. The predicted molar refractivity (Wildman–Crippen MR) is 301 cm³/mol. The smallest absolute Gasteiger partial charge is 0.161 e. The van der Waals surface area contributed by atoms with E-state index in [1.807, 2.05) is 36.4 Å². The Bertz CT molecular complexity index is 1670. The number of benzene rings is 2. The largest absolute Gasteiger partial charge is 0.487 e. The van der Waals surface area contributed by atoms with Crippen LogP contribution in [-0.2, 0) is 98.4 Å². The van der Waals surface area contributed by atoms with Crippen molar-refractivity contribution in [1.29, 1.82) is 0 Å². The van der Waals surface area contributed by atoms with Crippen LogP contribution < -0.4 is 41.9 Å². The Morgan fingerprint density at radius 2 is 0.451 bits per heavy atom. The number of hydrogen-bond donors (Lipinski definition) is 4. The Morgan fingerprint density at radius 1 is 0.244 bits per heavy atom. The van der Waals surface area contributed by atoms with E-state index in [4.69, 9.17) is 127 Å². The van der Waals surface area contributed by atoms with Crippen molar-refractivity contribution in [3.8, 4) is 23.0 Å². The summed E-state index contributed by atoms with van der Waals surface area (Å²) in [7, 11) is 0. The molecule has 4 heterocycles. The van der Waals surface area contributed by atoms with E-state index in [-0.39, 0.29) is 12.2 Å². The van der Waals surface area contributed by atoms with Gasteiger partial charge in [0.25, 0.3) is 0 Å². The van der Waals surface area contributed by atoms with E-state index in [0.29, 0.717) is 294 Å². The molecule has 0 saturated carbocycles. The number of hydrogen-bond acceptors (Lipinski definition) is 26. The molecular formula is C56H100N4O22. The van der Waals surface area contributed by atoms with E-state index in [2.05, 4.69) is 0 Å². The van der Waals surface area contributed by atoms with Crippen molar-refractivity contribution in [1.82, 2.24) is 0 Å². The summed E-state index contributed by atoms with van der Waals surface area (Å²) in [6.45, 7) is 22.0. The fraction of sp³-hybridized carbons (Fsp3) is 0.786. The Balaban J connectivity index is 0.000000294. The van der Waals surface area contributed by atoms with E-state index in [1.54, 1.807) is 0 Å². The lowest BCUT2D eigenvalue weighted by atomic mass is 10.2. The van der Waals surface area contributed by atoms with Crippen LogP contribution in [0.1, 0.15) is 11.1 Å². The van der Waals surface area contributed by atoms with Gasteiger partial charge in [0.05, 0.1) is 237 Å². The second-order valence-corrected chi connectivity index (χ2v) is 17.5. The number of fused-ring (bicyclic) bond motifs is 2. The monoisotopic (exact) mass is 1180 g/mol. The molecule has 2 aromatic rings. The van der Waals surface area contributed by atoms with E-state index in [1.165, 1.54) is 0 Å². The maximum absolute atomic E-state index is 5.80. The van der Waals surface area contributed by atoms with Gasteiger partial charge in [0.2, 0.25) is 0 Å². The molecule has 476 valence electrons. The first-order valence-electron chi connectivity index (χ1n) is 28.7. The maximum Gasteiger partial charge on any atom is 0.161 e. The minimum Gasteiger partial charge on any atom is -0.487 e. The highest BCUT2D eigenvalue weighted by Gasteiger charge is 2.12. The normalized spacial score (nSPS) is 22.4. The topological polar surface area (TPSA) is 307 Å². The van der Waals surface area contributed by atoms with Gasteiger partial charge in [-0.2, -0.15) is 0 Å². The third-order valence-electron chi connectivity index (χ3n) is 11.2. The second-order valence-electron chi connectivity index (χ2n) is 17.5. The number of rotatable bonds is 4. The van der Waals surface area contributed by atoms with Crippen molar-refractivity contribution in [3.05, 3.63) is 47.5 Å². The molecule has 26 heteroatoms. The standard InChI is InChI=1S/C19H31NO7.C15H31NO7.C13H19NO4.C9H19NO4/c20-16-17-1-2-18-19(15-17)27-14-12-25-10-8-23-6-4-21-3-5-22-7-9-24-11-13-26-18;16-13-15-14-22-10-9-20-6-5-18-2-1-17-3-4-19-7-8-21-11-12-23-15;14-10-11-1-2-12-13(9-11)18-8-6-16-4-3-15-5-7-17-12;10-7-9-8-13-4-3-11-1-2-12-5-6-14-9/h1-2,15H,3-14,16,20H2;15H,1-14,16H2;1-2,9H,3-8,10,14H2;9H,1-8,10H2. The van der Waals surface area contributed by atoms with Gasteiger partial charge in [-0.05, 0) is 35.4 Å². The number of ether oxygens (including phenoxy) is 22. The molecule has 6 rings (SSSR count). The van der Waals surface area contributed by atoms with Gasteiger partial charge in [0, 0.05) is 26.2 Å². The van der Waals surface area contributed by atoms with Crippen LogP contribution in [0.3, 0.4) is 0 Å². The van der Waals surface area contributed by atoms with Gasteiger partial charge in [-0.1, -0.05) is 12.1 Å². The molecule has 0 bridgehead atoms. The summed E-state index contributed by atoms with van der Waals surface area (Å²) >= 11 is 0. The van der Waals surface area contributed by atoms with E-state index < -0.39 is 0 Å². The predicted octanol–water partition coefficient (Wildman–Crippen LogP) is 0.786. The van der Waals surface area contributed by atoms with Crippen LogP contribution in [0.5, 0.6) is 23.0 Å². The maximum atomic E-state index is 5.80. The van der Waals surface area contributed by atoms with Gasteiger partial charge in [0.15, 0.2) is 23.0 Å². The van der Waals surface area contributed by atoms with Crippen molar-refractivity contribution in [2.45, 2.75) is 25.3 Å². The van der Waals surface area contributed by atoms with E-state index in [9.17, 15) is 0 Å². The Labute approximate surface area is 485 Å². The highest BCUT2D eigenvalue weighted by molar-refractivity contribution is 5.43. The van der Waals surface area contributed by atoms with Gasteiger partial charge < -0.3 is 127 Å². The average molecular weight is 1180 g/mol. The fourth-order valence-corrected chi connectivity index (χ4v) is 6.85. The first-order valence-corrected chi connectivity index (χ1v) is 28.7. The summed E-state index contributed by atoms with van der Waals surface area (Å²) in [5.74, 6) is 2.75. The molecular weight excluding hydrogens is 1080 g/mol.